The lowest BCUT2D eigenvalue weighted by molar-refractivity contribution is -0.138. The van der Waals surface area contributed by atoms with E-state index in [1.54, 1.807) is 6.92 Å². The molecule has 0 atom stereocenters. The van der Waals surface area contributed by atoms with Gasteiger partial charge in [0.05, 0.1) is 17.2 Å². The molecule has 2 aromatic rings. The van der Waals surface area contributed by atoms with Gasteiger partial charge in [-0.15, -0.1) is 6.58 Å². The molecule has 0 amide bonds. The van der Waals surface area contributed by atoms with E-state index in [9.17, 15) is 4.79 Å². The van der Waals surface area contributed by atoms with E-state index in [0.717, 1.165) is 29.5 Å². The van der Waals surface area contributed by atoms with Crippen LogP contribution in [0.25, 0.3) is 16.2 Å². The van der Waals surface area contributed by atoms with E-state index in [2.05, 4.69) is 18.7 Å². The van der Waals surface area contributed by atoms with Crippen molar-refractivity contribution in [1.29, 1.82) is 0 Å². The second-order valence-corrected chi connectivity index (χ2v) is 6.02. The van der Waals surface area contributed by atoms with Gasteiger partial charge < -0.3 is 4.74 Å². The van der Waals surface area contributed by atoms with Gasteiger partial charge in [-0.2, -0.15) is 0 Å². The lowest BCUT2D eigenvalue weighted by Gasteiger charge is -2.11. The molecule has 0 saturated heterocycles. The number of rotatable bonds is 8. The Balaban J connectivity index is 2.29. The van der Waals surface area contributed by atoms with Crippen molar-refractivity contribution < 1.29 is 9.53 Å². The number of hydrogen-bond acceptors (Lipinski definition) is 2. The third-order valence-corrected chi connectivity index (χ3v) is 4.31. The van der Waals surface area contributed by atoms with Crippen LogP contribution < -0.4 is 0 Å². The average molecular weight is 355 g/mol. The molecule has 0 bridgehead atoms. The topological polar surface area (TPSA) is 26.3 Å². The maximum absolute atomic E-state index is 12.3. The second-order valence-electron chi connectivity index (χ2n) is 5.64. The summed E-state index contributed by atoms with van der Waals surface area (Å²) < 4.78 is 5.16. The van der Waals surface area contributed by atoms with Gasteiger partial charge in [-0.25, -0.2) is 4.79 Å². The van der Waals surface area contributed by atoms with Gasteiger partial charge in [-0.1, -0.05) is 72.3 Å². The Morgan fingerprint density at radius 1 is 1.08 bits per heavy atom. The first-order valence-corrected chi connectivity index (χ1v) is 8.87. The number of benzene rings is 2. The molecule has 0 aliphatic heterocycles. The third-order valence-electron chi connectivity index (χ3n) is 3.87. The van der Waals surface area contributed by atoms with Crippen LogP contribution in [0.15, 0.2) is 72.8 Å². The summed E-state index contributed by atoms with van der Waals surface area (Å²) in [5.74, 6) is -0.344. The molecule has 0 N–H and O–H groups in total. The molecule has 0 spiro atoms. The molecule has 0 saturated carbocycles. The van der Waals surface area contributed by atoms with Gasteiger partial charge in [-0.05, 0) is 42.9 Å². The van der Waals surface area contributed by atoms with Crippen molar-refractivity contribution in [2.24, 2.45) is 0 Å². The molecule has 2 aromatic carbocycles. The number of allylic oxidation sites excluding steroid dienone is 1. The van der Waals surface area contributed by atoms with Crippen molar-refractivity contribution in [3.63, 3.8) is 0 Å². The fraction of sp³-hybridized carbons (Fsp3) is 0.227. The molecule has 0 aliphatic carbocycles. The molecular formula is C22H23ClO2. The predicted octanol–water partition coefficient (Wildman–Crippen LogP) is 6.22. The van der Waals surface area contributed by atoms with Crippen molar-refractivity contribution in [3.8, 4) is 11.1 Å². The van der Waals surface area contributed by atoms with Gasteiger partial charge in [0.1, 0.15) is 0 Å². The molecular weight excluding hydrogens is 332 g/mol. The Kier molecular flexibility index (Phi) is 7.49. The van der Waals surface area contributed by atoms with Gasteiger partial charge in [0.25, 0.3) is 0 Å². The number of halogens is 1. The number of esters is 1. The highest BCUT2D eigenvalue weighted by atomic mass is 35.5. The first-order valence-electron chi connectivity index (χ1n) is 8.50. The van der Waals surface area contributed by atoms with Crippen molar-refractivity contribution in [2.45, 2.75) is 26.2 Å². The molecule has 3 heteroatoms. The molecule has 0 fully saturated rings. The fourth-order valence-corrected chi connectivity index (χ4v) is 2.85. The molecule has 130 valence electrons. The highest BCUT2D eigenvalue weighted by Gasteiger charge is 2.16. The normalized spacial score (nSPS) is 11.6. The first-order chi connectivity index (χ1) is 12.2. The van der Waals surface area contributed by atoms with E-state index in [-0.39, 0.29) is 5.97 Å². The summed E-state index contributed by atoms with van der Waals surface area (Å²) in [5, 5.41) is 0.460. The summed E-state index contributed by atoms with van der Waals surface area (Å²) in [6.07, 6.45) is 4.06. The number of unbranched alkanes of at least 4 members (excludes halogenated alkanes) is 1. The highest BCUT2D eigenvalue weighted by molar-refractivity contribution is 6.50. The first kappa shape index (κ1) is 19.0. The lowest BCUT2D eigenvalue weighted by atomic mass is 10.0. The molecule has 2 rings (SSSR count). The van der Waals surface area contributed by atoms with E-state index in [4.69, 9.17) is 16.3 Å². The van der Waals surface area contributed by atoms with Gasteiger partial charge in [0.15, 0.2) is 0 Å². The zero-order valence-corrected chi connectivity index (χ0v) is 15.3. The van der Waals surface area contributed by atoms with Crippen LogP contribution >= 0.6 is 11.6 Å². The number of carbonyl (C=O) groups excluding carboxylic acids is 1. The van der Waals surface area contributed by atoms with E-state index >= 15 is 0 Å². The molecule has 0 unspecified atom stereocenters. The summed E-state index contributed by atoms with van der Waals surface area (Å²) in [5.41, 5.74) is 3.60. The average Bonchev–Trinajstić information content (AvgIpc) is 2.66. The molecule has 2 nitrogen and oxygen atoms in total. The van der Waals surface area contributed by atoms with Gasteiger partial charge >= 0.3 is 5.97 Å². The summed E-state index contributed by atoms with van der Waals surface area (Å²) in [4.78, 5) is 12.3. The van der Waals surface area contributed by atoms with Crippen LogP contribution in [0.1, 0.15) is 31.7 Å². The zero-order chi connectivity index (χ0) is 18.1. The van der Waals surface area contributed by atoms with Gasteiger partial charge in [0, 0.05) is 0 Å². The Morgan fingerprint density at radius 3 is 2.32 bits per heavy atom. The molecule has 0 heterocycles. The molecule has 25 heavy (non-hydrogen) atoms. The maximum Gasteiger partial charge on any atom is 0.335 e. The number of ether oxygens (including phenoxy) is 1. The van der Waals surface area contributed by atoms with Crippen molar-refractivity contribution in [2.75, 3.05) is 6.61 Å². The SMILES string of the molecule is C=CCCC/C(C(=O)OCC)=C(/Cl)c1ccc(-c2ccccc2)cc1. The standard InChI is InChI=1S/C22H23ClO2/c1-3-5-7-12-20(22(24)25-4-2)21(23)19-15-13-18(14-16-19)17-10-8-6-9-11-17/h3,6,8-11,13-16H,1,4-5,7,12H2,2H3/b21-20-. The smallest absolute Gasteiger partial charge is 0.335 e. The van der Waals surface area contributed by atoms with E-state index in [1.807, 2.05) is 48.5 Å². The second kappa shape index (κ2) is 9.85. The van der Waals surface area contributed by atoms with Gasteiger partial charge in [-0.3, -0.25) is 0 Å². The zero-order valence-electron chi connectivity index (χ0n) is 14.5. The van der Waals surface area contributed by atoms with Crippen molar-refractivity contribution in [1.82, 2.24) is 0 Å². The minimum atomic E-state index is -0.344. The van der Waals surface area contributed by atoms with Crippen LogP contribution in [0.2, 0.25) is 0 Å². The van der Waals surface area contributed by atoms with Crippen LogP contribution in [0, 0.1) is 0 Å². The quantitative estimate of drug-likeness (QED) is 0.243. The number of hydrogen-bond donors (Lipinski definition) is 0. The van der Waals surface area contributed by atoms with Crippen LogP contribution in [0.4, 0.5) is 0 Å². The van der Waals surface area contributed by atoms with E-state index in [0.29, 0.717) is 23.6 Å². The van der Waals surface area contributed by atoms with Crippen LogP contribution in [-0.4, -0.2) is 12.6 Å². The molecule has 0 radical (unpaired) electrons. The predicted molar refractivity (Wildman–Crippen MR) is 105 cm³/mol. The summed E-state index contributed by atoms with van der Waals surface area (Å²) >= 11 is 6.53. The minimum absolute atomic E-state index is 0.334. The Hall–Kier alpha value is -2.32. The van der Waals surface area contributed by atoms with E-state index < -0.39 is 0 Å². The summed E-state index contributed by atoms with van der Waals surface area (Å²) in [7, 11) is 0. The van der Waals surface area contributed by atoms with Crippen LogP contribution in [0.5, 0.6) is 0 Å². The summed E-state index contributed by atoms with van der Waals surface area (Å²) in [6.45, 7) is 5.84. The third kappa shape index (κ3) is 5.33. The highest BCUT2D eigenvalue weighted by Crippen LogP contribution is 2.29. The van der Waals surface area contributed by atoms with E-state index in [1.165, 1.54) is 0 Å². The fourth-order valence-electron chi connectivity index (χ4n) is 2.56. The Morgan fingerprint density at radius 2 is 1.72 bits per heavy atom. The minimum Gasteiger partial charge on any atom is -0.463 e. The van der Waals surface area contributed by atoms with Gasteiger partial charge in [0.2, 0.25) is 0 Å². The maximum atomic E-state index is 12.3. The number of carbonyl (C=O) groups is 1. The Labute approximate surface area is 154 Å². The lowest BCUT2D eigenvalue weighted by Crippen LogP contribution is -2.09. The Bertz CT molecular complexity index is 730. The molecule has 0 aliphatic rings. The van der Waals surface area contributed by atoms with Crippen molar-refractivity contribution in [3.05, 3.63) is 78.4 Å². The largest absolute Gasteiger partial charge is 0.463 e. The molecule has 0 aromatic heterocycles. The van der Waals surface area contributed by atoms with Crippen molar-refractivity contribution >= 4 is 22.6 Å². The summed E-state index contributed by atoms with van der Waals surface area (Å²) in [6, 6.07) is 18.0. The monoisotopic (exact) mass is 354 g/mol. The van der Waals surface area contributed by atoms with Crippen LogP contribution in [0.3, 0.4) is 0 Å². The van der Waals surface area contributed by atoms with Crippen LogP contribution in [-0.2, 0) is 9.53 Å².